The zero-order chi connectivity index (χ0) is 36.7. The van der Waals surface area contributed by atoms with Crippen molar-refractivity contribution < 1.29 is 8.83 Å². The summed E-state index contributed by atoms with van der Waals surface area (Å²) in [7, 11) is 0. The van der Waals surface area contributed by atoms with E-state index in [9.17, 15) is 0 Å². The maximum absolute atomic E-state index is 6.81. The van der Waals surface area contributed by atoms with E-state index < -0.39 is 0 Å². The van der Waals surface area contributed by atoms with Crippen LogP contribution in [-0.4, -0.2) is 0 Å². The first-order valence-electron chi connectivity index (χ1n) is 19.2. The Morgan fingerprint density at radius 2 is 1.18 bits per heavy atom. The molecule has 3 aromatic heterocycles. The molecule has 12 rings (SSSR count). The summed E-state index contributed by atoms with van der Waals surface area (Å²) in [5.74, 6) is 0. The molecule has 0 fully saturated rings. The summed E-state index contributed by atoms with van der Waals surface area (Å²) in [6.45, 7) is 0. The van der Waals surface area contributed by atoms with Crippen LogP contribution in [0.1, 0.15) is 16.9 Å². The van der Waals surface area contributed by atoms with Crippen molar-refractivity contribution >= 4 is 93.1 Å². The van der Waals surface area contributed by atoms with Crippen LogP contribution in [-0.2, 0) is 6.42 Å². The third-order valence-electron chi connectivity index (χ3n) is 11.5. The van der Waals surface area contributed by atoms with E-state index >= 15 is 0 Å². The first kappa shape index (κ1) is 31.5. The van der Waals surface area contributed by atoms with E-state index in [4.69, 9.17) is 8.83 Å². The molecule has 11 aromatic rings. The first-order chi connectivity index (χ1) is 27.7. The predicted molar refractivity (Wildman–Crippen MR) is 236 cm³/mol. The van der Waals surface area contributed by atoms with Crippen molar-refractivity contribution in [2.45, 2.75) is 12.8 Å². The number of hydrogen-bond donors (Lipinski definition) is 0. The summed E-state index contributed by atoms with van der Waals surface area (Å²) in [6.07, 6.45) is 4.45. The fourth-order valence-corrected chi connectivity index (χ4v) is 10.2. The lowest BCUT2D eigenvalue weighted by molar-refractivity contribution is 0.669. The summed E-state index contributed by atoms with van der Waals surface area (Å²) in [5, 5.41) is 8.29. The Labute approximate surface area is 327 Å². The Morgan fingerprint density at radius 1 is 0.482 bits per heavy atom. The third kappa shape index (κ3) is 4.83. The minimum atomic E-state index is 0.905. The van der Waals surface area contributed by atoms with Crippen LogP contribution in [0, 0.1) is 0 Å². The van der Waals surface area contributed by atoms with Gasteiger partial charge in [-0.15, -0.1) is 11.3 Å². The fraction of sp³-hybridized carbons (Fsp3) is 0.0385. The molecule has 0 bridgehead atoms. The molecule has 0 spiro atoms. The topological polar surface area (TPSA) is 29.5 Å². The molecule has 0 atom stereocenters. The molecule has 0 saturated carbocycles. The number of aryl methyl sites for hydroxylation is 1. The van der Waals surface area contributed by atoms with Gasteiger partial charge in [0, 0.05) is 43.1 Å². The van der Waals surface area contributed by atoms with Crippen LogP contribution >= 0.6 is 11.3 Å². The molecule has 3 heterocycles. The molecular weight excluding hydrogens is 703 g/mol. The SMILES string of the molecule is C1=C(N(c2ccc(-c3ccc4oc5ccccc5c4c3)cc2)c2ccccc2-c2cccc3c2oc2cc4ccccc4cc23)c2sc3ccccc3c2CC1. The highest BCUT2D eigenvalue weighted by molar-refractivity contribution is 7.20. The van der Waals surface area contributed by atoms with E-state index in [-0.39, 0.29) is 0 Å². The molecule has 264 valence electrons. The number of benzene rings is 8. The van der Waals surface area contributed by atoms with Gasteiger partial charge < -0.3 is 13.7 Å². The molecular formula is C52H33NO2S. The number of rotatable bonds is 5. The minimum Gasteiger partial charge on any atom is -0.456 e. The first-order valence-corrected chi connectivity index (χ1v) is 20.0. The van der Waals surface area contributed by atoms with Crippen molar-refractivity contribution in [2.75, 3.05) is 4.90 Å². The van der Waals surface area contributed by atoms with Crippen molar-refractivity contribution in [1.82, 2.24) is 0 Å². The van der Waals surface area contributed by atoms with E-state index in [0.717, 1.165) is 90.3 Å². The van der Waals surface area contributed by atoms with Crippen LogP contribution < -0.4 is 4.90 Å². The van der Waals surface area contributed by atoms with E-state index in [0.29, 0.717) is 0 Å². The summed E-state index contributed by atoms with van der Waals surface area (Å²) in [5.41, 5.74) is 13.0. The van der Waals surface area contributed by atoms with Crippen molar-refractivity contribution in [3.8, 4) is 22.3 Å². The second-order valence-electron chi connectivity index (χ2n) is 14.7. The third-order valence-corrected chi connectivity index (χ3v) is 12.8. The molecule has 0 aliphatic heterocycles. The average molecular weight is 736 g/mol. The molecule has 0 saturated heterocycles. The van der Waals surface area contributed by atoms with Gasteiger partial charge in [-0.05, 0) is 100 Å². The van der Waals surface area contributed by atoms with Gasteiger partial charge in [0.05, 0.1) is 16.3 Å². The van der Waals surface area contributed by atoms with Gasteiger partial charge >= 0.3 is 0 Å². The Balaban J connectivity index is 1.04. The Bertz CT molecular complexity index is 3380. The highest BCUT2D eigenvalue weighted by Gasteiger charge is 2.27. The van der Waals surface area contributed by atoms with Crippen molar-refractivity contribution in [3.05, 3.63) is 186 Å². The lowest BCUT2D eigenvalue weighted by Crippen LogP contribution is -2.18. The summed E-state index contributed by atoms with van der Waals surface area (Å²) >= 11 is 1.90. The number of thiophene rings is 1. The summed E-state index contributed by atoms with van der Waals surface area (Å²) in [6, 6.07) is 61.1. The molecule has 1 aliphatic carbocycles. The van der Waals surface area contributed by atoms with Crippen molar-refractivity contribution in [3.63, 3.8) is 0 Å². The number of allylic oxidation sites excluding steroid dienone is 1. The Morgan fingerprint density at radius 3 is 2.09 bits per heavy atom. The Hall–Kier alpha value is -6.88. The molecule has 3 nitrogen and oxygen atoms in total. The monoisotopic (exact) mass is 735 g/mol. The zero-order valence-electron chi connectivity index (χ0n) is 30.3. The maximum Gasteiger partial charge on any atom is 0.143 e. The Kier molecular flexibility index (Phi) is 6.92. The number of hydrogen-bond acceptors (Lipinski definition) is 4. The lowest BCUT2D eigenvalue weighted by atomic mass is 9.95. The smallest absolute Gasteiger partial charge is 0.143 e. The molecule has 8 aromatic carbocycles. The van der Waals surface area contributed by atoms with Crippen LogP contribution in [0.3, 0.4) is 0 Å². The summed E-state index contributed by atoms with van der Waals surface area (Å²) < 4.78 is 14.3. The van der Waals surface area contributed by atoms with Crippen molar-refractivity contribution in [2.24, 2.45) is 0 Å². The largest absolute Gasteiger partial charge is 0.456 e. The highest BCUT2D eigenvalue weighted by Crippen LogP contribution is 2.49. The summed E-state index contributed by atoms with van der Waals surface area (Å²) in [4.78, 5) is 3.82. The standard InChI is InChI=1S/C52H33NO2S/c1-2-12-34-31-49-44(29-33(34)11-1)41-17-9-16-40(51(41)55-49)37-13-3-6-19-45(37)53(46-20-10-18-42-39-15-5-8-22-50(39)56-52(42)46)36-26-23-32(24-27-36)35-25-28-48-43(30-35)38-14-4-7-21-47(38)54-48/h1-9,11-17,19-31H,10,18H2. The molecule has 4 heteroatoms. The van der Waals surface area contributed by atoms with Crippen molar-refractivity contribution in [1.29, 1.82) is 0 Å². The number of furan rings is 2. The van der Waals surface area contributed by atoms with Crippen LogP contribution in [0.25, 0.3) is 92.7 Å². The van der Waals surface area contributed by atoms with E-state index in [2.05, 4.69) is 169 Å². The van der Waals surface area contributed by atoms with E-state index in [1.165, 1.54) is 37.0 Å². The zero-order valence-corrected chi connectivity index (χ0v) is 31.1. The molecule has 0 N–H and O–H groups in total. The fourth-order valence-electron chi connectivity index (χ4n) is 8.90. The molecule has 1 aliphatic rings. The van der Waals surface area contributed by atoms with Gasteiger partial charge in [0.1, 0.15) is 22.3 Å². The van der Waals surface area contributed by atoms with Gasteiger partial charge in [0.25, 0.3) is 0 Å². The number of para-hydroxylation sites is 3. The van der Waals surface area contributed by atoms with Gasteiger partial charge in [0.15, 0.2) is 0 Å². The number of fused-ring (bicyclic) bond motifs is 10. The second kappa shape index (κ2) is 12.3. The van der Waals surface area contributed by atoms with Gasteiger partial charge in [0.2, 0.25) is 0 Å². The number of nitrogens with zero attached hydrogens (tertiary/aromatic N) is 1. The number of anilines is 2. The predicted octanol–water partition coefficient (Wildman–Crippen LogP) is 15.3. The highest BCUT2D eigenvalue weighted by atomic mass is 32.1. The van der Waals surface area contributed by atoms with E-state index in [1.54, 1.807) is 0 Å². The average Bonchev–Trinajstić information content (AvgIpc) is 3.94. The van der Waals surface area contributed by atoms with Gasteiger partial charge in [-0.2, -0.15) is 0 Å². The lowest BCUT2D eigenvalue weighted by Gasteiger charge is -2.32. The van der Waals surface area contributed by atoms with Gasteiger partial charge in [-0.1, -0.05) is 121 Å². The normalized spacial score (nSPS) is 13.0. The quantitative estimate of drug-likeness (QED) is 0.176. The minimum absolute atomic E-state index is 0.905. The van der Waals surface area contributed by atoms with Crippen LogP contribution in [0.5, 0.6) is 0 Å². The van der Waals surface area contributed by atoms with Crippen LogP contribution in [0.4, 0.5) is 11.4 Å². The van der Waals surface area contributed by atoms with Gasteiger partial charge in [-0.25, -0.2) is 0 Å². The maximum atomic E-state index is 6.81. The molecule has 0 radical (unpaired) electrons. The van der Waals surface area contributed by atoms with Gasteiger partial charge in [-0.3, -0.25) is 0 Å². The van der Waals surface area contributed by atoms with Crippen LogP contribution in [0.15, 0.2) is 185 Å². The molecule has 0 unspecified atom stereocenters. The molecule has 56 heavy (non-hydrogen) atoms. The van der Waals surface area contributed by atoms with Crippen LogP contribution in [0.2, 0.25) is 0 Å². The second-order valence-corrected chi connectivity index (χ2v) is 15.8. The molecule has 0 amide bonds. The van der Waals surface area contributed by atoms with E-state index in [1.807, 2.05) is 23.5 Å².